The molecule has 28 heavy (non-hydrogen) atoms. The second-order valence-corrected chi connectivity index (χ2v) is 5.87. The molecule has 0 heterocycles. The number of benzene rings is 2. The van der Waals surface area contributed by atoms with Gasteiger partial charge in [0.1, 0.15) is 5.75 Å². The number of rotatable bonds is 8. The van der Waals surface area contributed by atoms with E-state index in [1.54, 1.807) is 31.4 Å². The number of nitrogens with one attached hydrogen (secondary N) is 1. The molecule has 0 fully saturated rings. The zero-order chi connectivity index (χ0) is 20.7. The van der Waals surface area contributed by atoms with Crippen molar-refractivity contribution in [1.29, 1.82) is 0 Å². The van der Waals surface area contributed by atoms with Crippen LogP contribution in [0.25, 0.3) is 0 Å². The normalized spacial score (nSPS) is 12.3. The van der Waals surface area contributed by atoms with Gasteiger partial charge < -0.3 is 19.9 Å². The van der Waals surface area contributed by atoms with Crippen LogP contribution < -0.4 is 10.1 Å². The SMILES string of the molecule is COCc1ccc(C(=O)NC(CC(=O)O)c2ccc(OC(F)(F)F)cc2)cc1. The molecule has 150 valence electrons. The van der Waals surface area contributed by atoms with Crippen molar-refractivity contribution in [3.8, 4) is 5.75 Å². The number of amides is 1. The Morgan fingerprint density at radius 2 is 1.68 bits per heavy atom. The first-order valence-corrected chi connectivity index (χ1v) is 8.14. The van der Waals surface area contributed by atoms with Gasteiger partial charge in [-0.15, -0.1) is 13.2 Å². The van der Waals surface area contributed by atoms with Crippen LogP contribution in [-0.2, 0) is 16.1 Å². The lowest BCUT2D eigenvalue weighted by Gasteiger charge is -2.18. The summed E-state index contributed by atoms with van der Waals surface area (Å²) in [5, 5.41) is 11.7. The van der Waals surface area contributed by atoms with Gasteiger partial charge in [-0.25, -0.2) is 0 Å². The molecule has 6 nitrogen and oxygen atoms in total. The van der Waals surface area contributed by atoms with Crippen molar-refractivity contribution in [3.05, 3.63) is 65.2 Å². The lowest BCUT2D eigenvalue weighted by Crippen LogP contribution is -2.30. The van der Waals surface area contributed by atoms with Crippen molar-refractivity contribution in [2.24, 2.45) is 0 Å². The van der Waals surface area contributed by atoms with Crippen LogP contribution in [0.2, 0.25) is 0 Å². The van der Waals surface area contributed by atoms with Crippen LogP contribution in [0, 0.1) is 0 Å². The van der Waals surface area contributed by atoms with Crippen LogP contribution in [0.5, 0.6) is 5.75 Å². The largest absolute Gasteiger partial charge is 0.573 e. The van der Waals surface area contributed by atoms with Crippen molar-refractivity contribution in [3.63, 3.8) is 0 Å². The maximum absolute atomic E-state index is 12.4. The first kappa shape index (κ1) is 21.2. The minimum atomic E-state index is -4.83. The van der Waals surface area contributed by atoms with Crippen LogP contribution in [0.15, 0.2) is 48.5 Å². The van der Waals surface area contributed by atoms with Crippen molar-refractivity contribution >= 4 is 11.9 Å². The number of aliphatic carboxylic acids is 1. The van der Waals surface area contributed by atoms with Crippen LogP contribution in [0.1, 0.15) is 33.9 Å². The summed E-state index contributed by atoms with van der Waals surface area (Å²) in [5.41, 5.74) is 1.51. The Morgan fingerprint density at radius 3 is 2.18 bits per heavy atom. The van der Waals surface area contributed by atoms with Crippen molar-refractivity contribution < 1.29 is 37.3 Å². The summed E-state index contributed by atoms with van der Waals surface area (Å²) in [6.07, 6.45) is -5.27. The fourth-order valence-electron chi connectivity index (χ4n) is 2.49. The zero-order valence-corrected chi connectivity index (χ0v) is 14.8. The third-order valence-electron chi connectivity index (χ3n) is 3.73. The van der Waals surface area contributed by atoms with Gasteiger partial charge in [-0.2, -0.15) is 0 Å². The molecule has 1 atom stereocenters. The highest BCUT2D eigenvalue weighted by Crippen LogP contribution is 2.25. The summed E-state index contributed by atoms with van der Waals surface area (Å²) >= 11 is 0. The molecule has 2 N–H and O–H groups in total. The molecule has 0 aliphatic rings. The first-order chi connectivity index (χ1) is 13.2. The molecular formula is C19H18F3NO5. The van der Waals surface area contributed by atoms with Gasteiger partial charge in [0.2, 0.25) is 0 Å². The maximum Gasteiger partial charge on any atom is 0.573 e. The second kappa shape index (κ2) is 9.23. The zero-order valence-electron chi connectivity index (χ0n) is 14.8. The summed E-state index contributed by atoms with van der Waals surface area (Å²) in [6, 6.07) is 10.3. The smallest absolute Gasteiger partial charge is 0.481 e. The van der Waals surface area contributed by atoms with Gasteiger partial charge in [-0.1, -0.05) is 24.3 Å². The number of alkyl halides is 3. The van der Waals surface area contributed by atoms with Gasteiger partial charge in [0.05, 0.1) is 19.1 Å². The molecule has 1 unspecified atom stereocenters. The average Bonchev–Trinajstić information content (AvgIpc) is 2.61. The Kier molecular flexibility index (Phi) is 7.00. The minimum absolute atomic E-state index is 0.312. The molecule has 0 radical (unpaired) electrons. The second-order valence-electron chi connectivity index (χ2n) is 5.87. The third kappa shape index (κ3) is 6.58. The molecule has 0 bridgehead atoms. The average molecular weight is 397 g/mol. The standard InChI is InChI=1S/C19H18F3NO5/c1-27-11-12-2-4-14(5-3-12)18(26)23-16(10-17(24)25)13-6-8-15(9-7-13)28-19(20,21)22/h2-9,16H,10-11H2,1H3,(H,23,26)(H,24,25). The molecule has 2 aromatic rings. The molecular weight excluding hydrogens is 379 g/mol. The molecule has 0 saturated carbocycles. The fourth-order valence-corrected chi connectivity index (χ4v) is 2.49. The molecule has 2 aromatic carbocycles. The number of methoxy groups -OCH3 is 1. The number of ether oxygens (including phenoxy) is 2. The van der Waals surface area contributed by atoms with Gasteiger partial charge in [-0.3, -0.25) is 9.59 Å². The highest BCUT2D eigenvalue weighted by atomic mass is 19.4. The highest BCUT2D eigenvalue weighted by molar-refractivity contribution is 5.94. The van der Waals surface area contributed by atoms with Gasteiger partial charge >= 0.3 is 12.3 Å². The fraction of sp³-hybridized carbons (Fsp3) is 0.263. The van der Waals surface area contributed by atoms with E-state index in [4.69, 9.17) is 9.84 Å². The van der Waals surface area contributed by atoms with E-state index in [1.165, 1.54) is 12.1 Å². The first-order valence-electron chi connectivity index (χ1n) is 8.14. The van der Waals surface area contributed by atoms with E-state index in [2.05, 4.69) is 10.1 Å². The molecule has 0 aliphatic heterocycles. The molecule has 2 rings (SSSR count). The van der Waals surface area contributed by atoms with Gasteiger partial charge in [0.25, 0.3) is 5.91 Å². The van der Waals surface area contributed by atoms with Gasteiger partial charge in [0.15, 0.2) is 0 Å². The van der Waals surface area contributed by atoms with E-state index in [-0.39, 0.29) is 0 Å². The lowest BCUT2D eigenvalue weighted by atomic mass is 10.0. The highest BCUT2D eigenvalue weighted by Gasteiger charge is 2.31. The molecule has 0 saturated heterocycles. The minimum Gasteiger partial charge on any atom is -0.481 e. The van der Waals surface area contributed by atoms with E-state index < -0.39 is 36.5 Å². The Bertz CT molecular complexity index is 804. The Balaban J connectivity index is 2.14. The third-order valence-corrected chi connectivity index (χ3v) is 3.73. The van der Waals surface area contributed by atoms with Crippen LogP contribution in [0.3, 0.4) is 0 Å². The van der Waals surface area contributed by atoms with Crippen LogP contribution >= 0.6 is 0 Å². The Morgan fingerprint density at radius 1 is 1.07 bits per heavy atom. The predicted molar refractivity (Wildman–Crippen MR) is 92.7 cm³/mol. The number of carbonyl (C=O) groups excluding carboxylic acids is 1. The van der Waals surface area contributed by atoms with E-state index in [9.17, 15) is 22.8 Å². The summed E-state index contributed by atoms with van der Waals surface area (Å²) in [7, 11) is 1.54. The maximum atomic E-state index is 12.4. The Hall–Kier alpha value is -3.07. The summed E-state index contributed by atoms with van der Waals surface area (Å²) in [6.45, 7) is 0.385. The number of hydrogen-bond acceptors (Lipinski definition) is 4. The summed E-state index contributed by atoms with van der Waals surface area (Å²) in [4.78, 5) is 23.6. The van der Waals surface area contributed by atoms with E-state index >= 15 is 0 Å². The molecule has 0 aromatic heterocycles. The number of carboxylic acid groups (broad SMARTS) is 1. The molecule has 1 amide bonds. The van der Waals surface area contributed by atoms with Crippen molar-refractivity contribution in [2.75, 3.05) is 7.11 Å². The molecule has 9 heteroatoms. The van der Waals surface area contributed by atoms with Crippen LogP contribution in [0.4, 0.5) is 13.2 Å². The quantitative estimate of drug-likeness (QED) is 0.710. The molecule has 0 spiro atoms. The number of hydrogen-bond donors (Lipinski definition) is 2. The predicted octanol–water partition coefficient (Wildman–Crippen LogP) is 3.68. The number of carboxylic acids is 1. The summed E-state index contributed by atoms with van der Waals surface area (Å²) in [5.74, 6) is -2.12. The summed E-state index contributed by atoms with van der Waals surface area (Å²) < 4.78 is 45.5. The van der Waals surface area contributed by atoms with E-state index in [0.717, 1.165) is 17.7 Å². The van der Waals surface area contributed by atoms with Gasteiger partial charge in [-0.05, 0) is 35.4 Å². The topological polar surface area (TPSA) is 84.9 Å². The van der Waals surface area contributed by atoms with Crippen LogP contribution in [-0.4, -0.2) is 30.5 Å². The Labute approximate surface area is 158 Å². The number of carbonyl (C=O) groups is 2. The van der Waals surface area contributed by atoms with Crippen molar-refractivity contribution in [2.45, 2.75) is 25.4 Å². The number of halogens is 3. The van der Waals surface area contributed by atoms with Gasteiger partial charge in [0, 0.05) is 12.7 Å². The molecule has 0 aliphatic carbocycles. The monoisotopic (exact) mass is 397 g/mol. The lowest BCUT2D eigenvalue weighted by molar-refractivity contribution is -0.274. The van der Waals surface area contributed by atoms with Crippen molar-refractivity contribution in [1.82, 2.24) is 5.32 Å². The van der Waals surface area contributed by atoms with E-state index in [0.29, 0.717) is 17.7 Å². The van der Waals surface area contributed by atoms with E-state index in [1.807, 2.05) is 0 Å².